The molecule has 0 spiro atoms. The van der Waals surface area contributed by atoms with Crippen molar-refractivity contribution in [3.8, 4) is 0 Å². The van der Waals surface area contributed by atoms with Crippen molar-refractivity contribution in [2.75, 3.05) is 0 Å². The van der Waals surface area contributed by atoms with Gasteiger partial charge in [-0.05, 0) is 18.2 Å². The summed E-state index contributed by atoms with van der Waals surface area (Å²) in [7, 11) is 0. The highest BCUT2D eigenvalue weighted by atomic mass is 16.2. The minimum absolute atomic E-state index is 0.352. The number of hydrogen-bond acceptors (Lipinski definition) is 3. The van der Waals surface area contributed by atoms with Crippen LogP contribution in [0, 0.1) is 0 Å². The molecule has 5 nitrogen and oxygen atoms in total. The highest BCUT2D eigenvalue weighted by molar-refractivity contribution is 5.92. The van der Waals surface area contributed by atoms with Gasteiger partial charge >= 0.3 is 0 Å². The van der Waals surface area contributed by atoms with E-state index in [2.05, 4.69) is 10.5 Å². The lowest BCUT2D eigenvalue weighted by Gasteiger charge is -2.01. The van der Waals surface area contributed by atoms with E-state index in [1.54, 1.807) is 18.3 Å². The van der Waals surface area contributed by atoms with Gasteiger partial charge in [0.1, 0.15) is 5.69 Å². The second-order valence-electron chi connectivity index (χ2n) is 2.55. The third kappa shape index (κ3) is 1.15. The minimum atomic E-state index is -0.352. The molecule has 1 amide bonds. The van der Waals surface area contributed by atoms with Crippen LogP contribution in [-0.2, 0) is 0 Å². The van der Waals surface area contributed by atoms with E-state index in [9.17, 15) is 4.79 Å². The first kappa shape index (κ1) is 7.75. The maximum Gasteiger partial charge on any atom is 0.283 e. The van der Waals surface area contributed by atoms with E-state index in [-0.39, 0.29) is 5.91 Å². The van der Waals surface area contributed by atoms with Crippen molar-refractivity contribution < 1.29 is 4.79 Å². The van der Waals surface area contributed by atoms with Gasteiger partial charge in [-0.1, -0.05) is 6.07 Å². The number of carbonyl (C=O) groups excluding carboxylic acids is 1. The predicted molar refractivity (Wildman–Crippen MR) is 46.8 cm³/mol. The molecule has 0 fully saturated rings. The summed E-state index contributed by atoms with van der Waals surface area (Å²) in [4.78, 5) is 11.2. The largest absolute Gasteiger partial charge is 0.289 e. The van der Waals surface area contributed by atoms with Crippen molar-refractivity contribution in [3.05, 3.63) is 36.2 Å². The summed E-state index contributed by atoms with van der Waals surface area (Å²) in [6, 6.07) is 7.11. The summed E-state index contributed by atoms with van der Waals surface area (Å²) in [6.07, 6.45) is 1.63. The van der Waals surface area contributed by atoms with Crippen LogP contribution in [0.15, 0.2) is 30.5 Å². The number of pyridine rings is 1. The van der Waals surface area contributed by atoms with E-state index in [1.165, 1.54) is 4.52 Å². The molecule has 0 aliphatic rings. The minimum Gasteiger partial charge on any atom is -0.289 e. The Hall–Kier alpha value is -1.88. The SMILES string of the molecule is NNC(=O)c1cccc2ccnn12. The second-order valence-corrected chi connectivity index (χ2v) is 2.55. The van der Waals surface area contributed by atoms with Gasteiger partial charge in [0.25, 0.3) is 5.91 Å². The first-order valence-electron chi connectivity index (χ1n) is 3.76. The molecule has 0 unspecified atom stereocenters. The first-order chi connectivity index (χ1) is 6.33. The molecule has 66 valence electrons. The van der Waals surface area contributed by atoms with Crippen molar-refractivity contribution in [2.45, 2.75) is 0 Å². The van der Waals surface area contributed by atoms with E-state index in [0.29, 0.717) is 5.69 Å². The Morgan fingerprint density at radius 1 is 1.46 bits per heavy atom. The van der Waals surface area contributed by atoms with Crippen molar-refractivity contribution in [1.29, 1.82) is 0 Å². The van der Waals surface area contributed by atoms with Crippen LogP contribution in [0.25, 0.3) is 5.52 Å². The molecule has 0 aliphatic heterocycles. The zero-order chi connectivity index (χ0) is 9.26. The molecule has 0 saturated carbocycles. The predicted octanol–water partition coefficient (Wildman–Crippen LogP) is -0.0622. The van der Waals surface area contributed by atoms with Crippen LogP contribution in [-0.4, -0.2) is 15.5 Å². The van der Waals surface area contributed by atoms with Crippen LogP contribution in [0.1, 0.15) is 10.5 Å². The average molecular weight is 176 g/mol. The van der Waals surface area contributed by atoms with Gasteiger partial charge in [-0.15, -0.1) is 0 Å². The molecule has 2 aromatic rings. The molecule has 0 atom stereocenters. The van der Waals surface area contributed by atoms with Gasteiger partial charge in [-0.2, -0.15) is 5.10 Å². The van der Waals surface area contributed by atoms with E-state index < -0.39 is 0 Å². The van der Waals surface area contributed by atoms with Crippen LogP contribution in [0.5, 0.6) is 0 Å². The summed E-state index contributed by atoms with van der Waals surface area (Å²) in [6.45, 7) is 0. The monoisotopic (exact) mass is 176 g/mol. The molecule has 0 bridgehead atoms. The summed E-state index contributed by atoms with van der Waals surface area (Å²) in [5, 5.41) is 3.99. The van der Waals surface area contributed by atoms with Gasteiger partial charge in [0.15, 0.2) is 0 Å². The average Bonchev–Trinajstić information content (AvgIpc) is 2.63. The number of hydrazine groups is 1. The summed E-state index contributed by atoms with van der Waals surface area (Å²) in [5.74, 6) is 4.67. The molecule has 3 N–H and O–H groups in total. The molecular weight excluding hydrogens is 168 g/mol. The van der Waals surface area contributed by atoms with Gasteiger partial charge in [-0.25, -0.2) is 10.4 Å². The number of nitrogens with two attached hydrogens (primary N) is 1. The lowest BCUT2D eigenvalue weighted by molar-refractivity contribution is 0.0946. The highest BCUT2D eigenvalue weighted by Crippen LogP contribution is 2.05. The third-order valence-corrected chi connectivity index (χ3v) is 1.79. The topological polar surface area (TPSA) is 72.4 Å². The lowest BCUT2D eigenvalue weighted by Crippen LogP contribution is -2.31. The number of amides is 1. The smallest absolute Gasteiger partial charge is 0.283 e. The van der Waals surface area contributed by atoms with E-state index in [4.69, 9.17) is 5.84 Å². The fourth-order valence-corrected chi connectivity index (χ4v) is 1.20. The molecule has 0 saturated heterocycles. The van der Waals surface area contributed by atoms with Gasteiger partial charge in [0.05, 0.1) is 11.7 Å². The maximum atomic E-state index is 11.2. The lowest BCUT2D eigenvalue weighted by atomic mass is 10.3. The van der Waals surface area contributed by atoms with Gasteiger partial charge < -0.3 is 0 Å². The number of fused-ring (bicyclic) bond motifs is 1. The molecule has 2 rings (SSSR count). The van der Waals surface area contributed by atoms with Crippen LogP contribution in [0.3, 0.4) is 0 Å². The highest BCUT2D eigenvalue weighted by Gasteiger charge is 2.07. The van der Waals surface area contributed by atoms with Gasteiger partial charge in [-0.3, -0.25) is 10.2 Å². The fraction of sp³-hybridized carbons (Fsp3) is 0. The number of rotatable bonds is 1. The van der Waals surface area contributed by atoms with Crippen LogP contribution in [0.4, 0.5) is 0 Å². The Balaban J connectivity index is 2.67. The quantitative estimate of drug-likeness (QED) is 0.363. The Labute approximate surface area is 74.1 Å². The molecule has 5 heteroatoms. The number of nitrogens with zero attached hydrogens (tertiary/aromatic N) is 2. The zero-order valence-electron chi connectivity index (χ0n) is 6.77. The van der Waals surface area contributed by atoms with Crippen molar-refractivity contribution in [1.82, 2.24) is 15.0 Å². The van der Waals surface area contributed by atoms with Crippen molar-refractivity contribution in [3.63, 3.8) is 0 Å². The summed E-state index contributed by atoms with van der Waals surface area (Å²) in [5.41, 5.74) is 3.35. The van der Waals surface area contributed by atoms with Crippen LogP contribution < -0.4 is 11.3 Å². The Bertz CT molecular complexity index is 448. The van der Waals surface area contributed by atoms with Gasteiger partial charge in [0, 0.05) is 0 Å². The van der Waals surface area contributed by atoms with Crippen LogP contribution in [0.2, 0.25) is 0 Å². The summed E-state index contributed by atoms with van der Waals surface area (Å²) >= 11 is 0. The number of nitrogens with one attached hydrogen (secondary N) is 1. The van der Waals surface area contributed by atoms with E-state index >= 15 is 0 Å². The molecule has 2 aromatic heterocycles. The Kier molecular flexibility index (Phi) is 1.71. The first-order valence-corrected chi connectivity index (χ1v) is 3.76. The Morgan fingerprint density at radius 2 is 2.31 bits per heavy atom. The number of hydrogen-bond donors (Lipinski definition) is 2. The molecule has 13 heavy (non-hydrogen) atoms. The zero-order valence-corrected chi connectivity index (χ0v) is 6.77. The number of nitrogen functional groups attached to an aromatic ring is 1. The fourth-order valence-electron chi connectivity index (χ4n) is 1.20. The molecular formula is C8H8N4O. The maximum absolute atomic E-state index is 11.2. The number of aromatic nitrogens is 2. The molecule has 0 aromatic carbocycles. The molecule has 0 aliphatic carbocycles. The van der Waals surface area contributed by atoms with Gasteiger partial charge in [0.2, 0.25) is 0 Å². The van der Waals surface area contributed by atoms with E-state index in [0.717, 1.165) is 5.52 Å². The molecule has 2 heterocycles. The standard InChI is InChI=1S/C8H8N4O/c9-11-8(13)7-3-1-2-6-4-5-10-12(6)7/h1-5H,9H2,(H,11,13). The van der Waals surface area contributed by atoms with Crippen molar-refractivity contribution >= 4 is 11.4 Å². The molecule has 0 radical (unpaired) electrons. The van der Waals surface area contributed by atoms with E-state index in [1.807, 2.05) is 12.1 Å². The third-order valence-electron chi connectivity index (χ3n) is 1.79. The Morgan fingerprint density at radius 3 is 3.08 bits per heavy atom. The second kappa shape index (κ2) is 2.87. The summed E-state index contributed by atoms with van der Waals surface area (Å²) < 4.78 is 1.53. The number of carbonyl (C=O) groups is 1. The van der Waals surface area contributed by atoms with Crippen molar-refractivity contribution in [2.24, 2.45) is 5.84 Å². The van der Waals surface area contributed by atoms with Crippen LogP contribution >= 0.6 is 0 Å². The normalized spacial score (nSPS) is 10.2.